The number of Topliss-reactive ketones (excluding diaryl/α,β-unsaturated/α-hetero) is 1. The van der Waals surface area contributed by atoms with Crippen LogP contribution in [0.4, 0.5) is 0 Å². The molecule has 2 aliphatic rings. The van der Waals surface area contributed by atoms with Crippen LogP contribution in [0.15, 0.2) is 60.2 Å². The number of ether oxygens (including phenoxy) is 1. The second kappa shape index (κ2) is 6.64. The molecule has 2 heteroatoms. The molecule has 0 amide bonds. The third-order valence-electron chi connectivity index (χ3n) is 5.11. The first kappa shape index (κ1) is 15.2. The molecule has 1 fully saturated rings. The molecule has 0 aliphatic heterocycles. The van der Waals surface area contributed by atoms with E-state index in [9.17, 15) is 4.79 Å². The van der Waals surface area contributed by atoms with Gasteiger partial charge in [0.1, 0.15) is 12.4 Å². The highest BCUT2D eigenvalue weighted by molar-refractivity contribution is 6.10. The third-order valence-corrected chi connectivity index (χ3v) is 5.11. The van der Waals surface area contributed by atoms with Crippen molar-refractivity contribution in [3.05, 3.63) is 76.9 Å². The predicted molar refractivity (Wildman–Crippen MR) is 95.3 cm³/mol. The van der Waals surface area contributed by atoms with E-state index in [0.717, 1.165) is 40.9 Å². The van der Waals surface area contributed by atoms with E-state index >= 15 is 0 Å². The molecule has 1 saturated carbocycles. The molecule has 122 valence electrons. The summed E-state index contributed by atoms with van der Waals surface area (Å²) in [4.78, 5) is 12.7. The lowest BCUT2D eigenvalue weighted by Gasteiger charge is -2.25. The lowest BCUT2D eigenvalue weighted by Crippen LogP contribution is -2.17. The van der Waals surface area contributed by atoms with Crippen molar-refractivity contribution in [1.29, 1.82) is 0 Å². The fourth-order valence-electron chi connectivity index (χ4n) is 3.43. The van der Waals surface area contributed by atoms with Crippen molar-refractivity contribution in [1.82, 2.24) is 0 Å². The summed E-state index contributed by atoms with van der Waals surface area (Å²) in [7, 11) is 0. The van der Waals surface area contributed by atoms with Crippen LogP contribution in [0.1, 0.15) is 47.2 Å². The molecule has 24 heavy (non-hydrogen) atoms. The average Bonchev–Trinajstić information content (AvgIpc) is 2.59. The second-order valence-electron chi connectivity index (χ2n) is 6.81. The van der Waals surface area contributed by atoms with Gasteiger partial charge in [-0.05, 0) is 66.5 Å². The van der Waals surface area contributed by atoms with Crippen molar-refractivity contribution >= 4 is 5.78 Å². The quantitative estimate of drug-likeness (QED) is 0.731. The molecule has 2 aliphatic carbocycles. The largest absolute Gasteiger partial charge is 0.489 e. The minimum atomic E-state index is 0.220. The summed E-state index contributed by atoms with van der Waals surface area (Å²) in [5, 5.41) is 0. The van der Waals surface area contributed by atoms with E-state index in [2.05, 4.69) is 18.2 Å². The fraction of sp³-hybridized carbons (Fsp3) is 0.318. The number of hydrogen-bond acceptors (Lipinski definition) is 2. The number of fused-ring (bicyclic) bond motifs is 1. The van der Waals surface area contributed by atoms with Gasteiger partial charge < -0.3 is 4.74 Å². The number of rotatable bonds is 4. The number of aryl methyl sites for hydroxylation is 1. The van der Waals surface area contributed by atoms with Crippen LogP contribution in [0.2, 0.25) is 0 Å². The SMILES string of the molecule is O=C1C(=CC2CCC2)CCc2cc(OCc3ccccc3)ccc21. The van der Waals surface area contributed by atoms with Crippen LogP contribution in [0.25, 0.3) is 0 Å². The van der Waals surface area contributed by atoms with Gasteiger partial charge in [0, 0.05) is 5.56 Å². The van der Waals surface area contributed by atoms with Crippen LogP contribution in [-0.2, 0) is 13.0 Å². The van der Waals surface area contributed by atoms with Crippen molar-refractivity contribution in [2.75, 3.05) is 0 Å². The maximum Gasteiger partial charge on any atom is 0.188 e. The predicted octanol–water partition coefficient (Wildman–Crippen LogP) is 5.12. The molecule has 0 spiro atoms. The molecule has 0 radical (unpaired) electrons. The summed E-state index contributed by atoms with van der Waals surface area (Å²) in [5.74, 6) is 1.70. The number of allylic oxidation sites excluding steroid dienone is 2. The topological polar surface area (TPSA) is 26.3 Å². The molecule has 0 saturated heterocycles. The number of hydrogen-bond donors (Lipinski definition) is 0. The summed E-state index contributed by atoms with van der Waals surface area (Å²) < 4.78 is 5.89. The summed E-state index contributed by atoms with van der Waals surface area (Å²) in [6.07, 6.45) is 7.83. The molecule has 2 nitrogen and oxygen atoms in total. The highest BCUT2D eigenvalue weighted by Crippen LogP contribution is 2.33. The molecular formula is C22H22O2. The van der Waals surface area contributed by atoms with E-state index in [0.29, 0.717) is 12.5 Å². The Kier molecular flexibility index (Phi) is 4.20. The smallest absolute Gasteiger partial charge is 0.188 e. The number of carbonyl (C=O) groups is 1. The lowest BCUT2D eigenvalue weighted by atomic mass is 9.80. The van der Waals surface area contributed by atoms with Gasteiger partial charge in [0.05, 0.1) is 0 Å². The van der Waals surface area contributed by atoms with Gasteiger partial charge in [-0.3, -0.25) is 4.79 Å². The monoisotopic (exact) mass is 318 g/mol. The highest BCUT2D eigenvalue weighted by atomic mass is 16.5. The summed E-state index contributed by atoms with van der Waals surface area (Å²) in [6.45, 7) is 0.556. The molecular weight excluding hydrogens is 296 g/mol. The Morgan fingerprint density at radius 2 is 1.88 bits per heavy atom. The van der Waals surface area contributed by atoms with E-state index < -0.39 is 0 Å². The Balaban J connectivity index is 1.48. The summed E-state index contributed by atoms with van der Waals surface area (Å²) in [6, 6.07) is 16.0. The normalized spacial score (nSPS) is 19.0. The van der Waals surface area contributed by atoms with E-state index in [1.165, 1.54) is 19.3 Å². The van der Waals surface area contributed by atoms with E-state index in [1.807, 2.05) is 36.4 Å². The van der Waals surface area contributed by atoms with Crippen LogP contribution >= 0.6 is 0 Å². The minimum absolute atomic E-state index is 0.220. The molecule has 0 aromatic heterocycles. The van der Waals surface area contributed by atoms with Crippen LogP contribution in [0, 0.1) is 5.92 Å². The van der Waals surface area contributed by atoms with E-state index in [4.69, 9.17) is 4.74 Å². The molecule has 2 aromatic rings. The molecule has 4 rings (SSSR count). The maximum atomic E-state index is 12.7. The zero-order valence-electron chi connectivity index (χ0n) is 13.8. The molecule has 2 aromatic carbocycles. The number of carbonyl (C=O) groups excluding carboxylic acids is 1. The lowest BCUT2D eigenvalue weighted by molar-refractivity contribution is 0.102. The zero-order chi connectivity index (χ0) is 16.4. The highest BCUT2D eigenvalue weighted by Gasteiger charge is 2.24. The maximum absolute atomic E-state index is 12.7. The summed E-state index contributed by atoms with van der Waals surface area (Å²) in [5.41, 5.74) is 4.15. The average molecular weight is 318 g/mol. The van der Waals surface area contributed by atoms with Gasteiger partial charge in [0.15, 0.2) is 5.78 Å². The van der Waals surface area contributed by atoms with Gasteiger partial charge >= 0.3 is 0 Å². The fourth-order valence-corrected chi connectivity index (χ4v) is 3.43. The van der Waals surface area contributed by atoms with Crippen LogP contribution < -0.4 is 4.74 Å². The summed E-state index contributed by atoms with van der Waals surface area (Å²) >= 11 is 0. The number of ketones is 1. The van der Waals surface area contributed by atoms with Crippen molar-refractivity contribution in [2.45, 2.75) is 38.7 Å². The van der Waals surface area contributed by atoms with Crippen LogP contribution in [0.3, 0.4) is 0 Å². The first-order valence-electron chi connectivity index (χ1n) is 8.84. The Bertz CT molecular complexity index is 770. The van der Waals surface area contributed by atoms with Crippen molar-refractivity contribution < 1.29 is 9.53 Å². The van der Waals surface area contributed by atoms with Crippen LogP contribution in [0.5, 0.6) is 5.75 Å². The van der Waals surface area contributed by atoms with E-state index in [-0.39, 0.29) is 5.78 Å². The molecule has 0 N–H and O–H groups in total. The molecule has 0 unspecified atom stereocenters. The van der Waals surface area contributed by atoms with E-state index in [1.54, 1.807) is 0 Å². The Hall–Kier alpha value is -2.35. The van der Waals surface area contributed by atoms with Gasteiger partial charge in [0.25, 0.3) is 0 Å². The van der Waals surface area contributed by atoms with Gasteiger partial charge in [-0.25, -0.2) is 0 Å². The third kappa shape index (κ3) is 3.14. The van der Waals surface area contributed by atoms with Gasteiger partial charge in [0.2, 0.25) is 0 Å². The van der Waals surface area contributed by atoms with Crippen molar-refractivity contribution in [3.8, 4) is 5.75 Å². The minimum Gasteiger partial charge on any atom is -0.489 e. The first-order valence-corrected chi connectivity index (χ1v) is 8.84. The zero-order valence-corrected chi connectivity index (χ0v) is 13.8. The Morgan fingerprint density at radius 1 is 1.04 bits per heavy atom. The standard InChI is InChI=1S/C22H22O2/c23-22-19(13-16-7-4-8-16)10-9-18-14-20(11-12-21(18)22)24-15-17-5-2-1-3-6-17/h1-3,5-6,11-14,16H,4,7-10,15H2. The van der Waals surface area contributed by atoms with Crippen molar-refractivity contribution in [2.24, 2.45) is 5.92 Å². The molecule has 0 atom stereocenters. The van der Waals surface area contributed by atoms with Gasteiger partial charge in [-0.15, -0.1) is 0 Å². The Morgan fingerprint density at radius 3 is 2.62 bits per heavy atom. The number of benzene rings is 2. The molecule has 0 bridgehead atoms. The van der Waals surface area contributed by atoms with Crippen LogP contribution in [-0.4, -0.2) is 5.78 Å². The van der Waals surface area contributed by atoms with Gasteiger partial charge in [-0.1, -0.05) is 42.8 Å². The van der Waals surface area contributed by atoms with Gasteiger partial charge in [-0.2, -0.15) is 0 Å². The van der Waals surface area contributed by atoms with Crippen molar-refractivity contribution in [3.63, 3.8) is 0 Å². The Labute approximate surface area is 143 Å². The first-order chi connectivity index (χ1) is 11.8. The molecule has 0 heterocycles. The second-order valence-corrected chi connectivity index (χ2v) is 6.81.